The molecule has 1 aliphatic rings. The molecule has 0 unspecified atom stereocenters. The summed E-state index contributed by atoms with van der Waals surface area (Å²) in [6.45, 7) is 10.2. The zero-order valence-electron chi connectivity index (χ0n) is 9.46. The summed E-state index contributed by atoms with van der Waals surface area (Å²) in [5.41, 5.74) is -0.389. The van der Waals surface area contributed by atoms with Gasteiger partial charge in [-0.15, -0.1) is 0 Å². The van der Waals surface area contributed by atoms with E-state index in [4.69, 9.17) is 4.74 Å². The van der Waals surface area contributed by atoms with Crippen molar-refractivity contribution in [2.45, 2.75) is 39.3 Å². The average molecular weight is 202 g/mol. The molecule has 84 valence electrons. The van der Waals surface area contributed by atoms with Crippen LogP contribution in [0.3, 0.4) is 0 Å². The van der Waals surface area contributed by atoms with Crippen molar-refractivity contribution in [2.75, 3.05) is 19.6 Å². The fourth-order valence-electron chi connectivity index (χ4n) is 1.37. The smallest absolute Gasteiger partial charge is 0.410 e. The molecule has 1 fully saturated rings. The molecule has 0 aromatic carbocycles. The third-order valence-corrected chi connectivity index (χ3v) is 2.03. The molecule has 0 saturated carbocycles. The van der Waals surface area contributed by atoms with Gasteiger partial charge in [0.1, 0.15) is 5.60 Å². The summed E-state index contributed by atoms with van der Waals surface area (Å²) >= 11 is 0. The molecule has 0 aromatic rings. The maximum absolute atomic E-state index is 11.5. The van der Waals surface area contributed by atoms with E-state index in [1.165, 1.54) is 0 Å². The van der Waals surface area contributed by atoms with Gasteiger partial charge in [-0.05, 0) is 27.3 Å². The SMILES string of the molecule is CCNC1CN(C(=O)OC(C)(C)C)C1.[HH]. The van der Waals surface area contributed by atoms with E-state index < -0.39 is 0 Å². The van der Waals surface area contributed by atoms with Crippen molar-refractivity contribution in [2.24, 2.45) is 0 Å². The van der Waals surface area contributed by atoms with Crippen LogP contribution >= 0.6 is 0 Å². The molecule has 0 atom stereocenters. The van der Waals surface area contributed by atoms with Gasteiger partial charge in [-0.1, -0.05) is 6.92 Å². The number of hydrogen-bond acceptors (Lipinski definition) is 3. The Morgan fingerprint density at radius 3 is 2.57 bits per heavy atom. The van der Waals surface area contributed by atoms with Crippen molar-refractivity contribution < 1.29 is 11.0 Å². The average Bonchev–Trinajstić information content (AvgIpc) is 1.91. The number of nitrogens with zero attached hydrogens (tertiary/aromatic N) is 1. The summed E-state index contributed by atoms with van der Waals surface area (Å²) in [4.78, 5) is 13.2. The third kappa shape index (κ3) is 3.18. The molecule has 1 aliphatic heterocycles. The van der Waals surface area contributed by atoms with Gasteiger partial charge in [-0.3, -0.25) is 0 Å². The Morgan fingerprint density at radius 1 is 1.57 bits per heavy atom. The molecule has 0 radical (unpaired) electrons. The minimum Gasteiger partial charge on any atom is -0.444 e. The highest BCUT2D eigenvalue weighted by atomic mass is 16.6. The van der Waals surface area contributed by atoms with Crippen LogP contribution < -0.4 is 5.32 Å². The third-order valence-electron chi connectivity index (χ3n) is 2.03. The predicted molar refractivity (Wildman–Crippen MR) is 57.4 cm³/mol. The number of ether oxygens (including phenoxy) is 1. The summed E-state index contributed by atoms with van der Waals surface area (Å²) in [6.07, 6.45) is -0.202. The molecule has 0 bridgehead atoms. The highest BCUT2D eigenvalue weighted by Crippen LogP contribution is 2.14. The van der Waals surface area contributed by atoms with Crippen LogP contribution in [0.5, 0.6) is 0 Å². The minimum absolute atomic E-state index is 0. The Balaban J connectivity index is 0.00000196. The lowest BCUT2D eigenvalue weighted by Gasteiger charge is -2.40. The van der Waals surface area contributed by atoms with Crippen LogP contribution in [0.1, 0.15) is 29.1 Å². The molecule has 1 heterocycles. The molecule has 1 rings (SSSR count). The summed E-state index contributed by atoms with van der Waals surface area (Å²) in [6, 6.07) is 0.451. The Morgan fingerprint density at radius 2 is 2.14 bits per heavy atom. The van der Waals surface area contributed by atoms with E-state index in [0.717, 1.165) is 19.6 Å². The van der Waals surface area contributed by atoms with E-state index in [2.05, 4.69) is 12.2 Å². The molecule has 1 saturated heterocycles. The molecule has 14 heavy (non-hydrogen) atoms. The van der Waals surface area contributed by atoms with Crippen LogP contribution in [0, 0.1) is 0 Å². The monoisotopic (exact) mass is 202 g/mol. The summed E-state index contributed by atoms with van der Waals surface area (Å²) < 4.78 is 5.23. The first-order valence-electron chi connectivity index (χ1n) is 5.13. The van der Waals surface area contributed by atoms with E-state index in [9.17, 15) is 4.79 Å². The van der Waals surface area contributed by atoms with E-state index >= 15 is 0 Å². The molecule has 0 aromatic heterocycles. The van der Waals surface area contributed by atoms with E-state index in [1.54, 1.807) is 4.90 Å². The molecule has 4 nitrogen and oxygen atoms in total. The van der Waals surface area contributed by atoms with Gasteiger partial charge in [0.15, 0.2) is 0 Å². The number of rotatable bonds is 2. The molecule has 1 amide bonds. The van der Waals surface area contributed by atoms with E-state index in [-0.39, 0.29) is 13.1 Å². The molecule has 0 aliphatic carbocycles. The van der Waals surface area contributed by atoms with Crippen molar-refractivity contribution in [3.8, 4) is 0 Å². The van der Waals surface area contributed by atoms with Gasteiger partial charge in [0.05, 0.1) is 0 Å². The summed E-state index contributed by atoms with van der Waals surface area (Å²) in [7, 11) is 0. The molecule has 0 spiro atoms. The van der Waals surface area contributed by atoms with Crippen molar-refractivity contribution in [3.05, 3.63) is 0 Å². The first-order chi connectivity index (χ1) is 6.42. The Hall–Kier alpha value is -0.770. The Bertz CT molecular complexity index is 210. The van der Waals surface area contributed by atoms with Crippen molar-refractivity contribution in [1.82, 2.24) is 10.2 Å². The largest absolute Gasteiger partial charge is 0.444 e. The van der Waals surface area contributed by atoms with Gasteiger partial charge in [0, 0.05) is 20.6 Å². The summed E-state index contributed by atoms with van der Waals surface area (Å²) in [5.74, 6) is 0. The highest BCUT2D eigenvalue weighted by Gasteiger charge is 2.32. The Kier molecular flexibility index (Phi) is 3.37. The van der Waals surface area contributed by atoms with Crippen LogP contribution in [-0.2, 0) is 4.74 Å². The first kappa shape index (κ1) is 11.3. The van der Waals surface area contributed by atoms with Crippen molar-refractivity contribution in [3.63, 3.8) is 0 Å². The van der Waals surface area contributed by atoms with Crippen molar-refractivity contribution in [1.29, 1.82) is 0 Å². The number of amides is 1. The fourth-order valence-corrected chi connectivity index (χ4v) is 1.37. The minimum atomic E-state index is -0.389. The molecular formula is C10H22N2O2. The predicted octanol–water partition coefficient (Wildman–Crippen LogP) is 1.46. The maximum Gasteiger partial charge on any atom is 0.410 e. The number of likely N-dealkylation sites (tertiary alicyclic amines) is 1. The molecule has 1 N–H and O–H groups in total. The van der Waals surface area contributed by atoms with Crippen LogP contribution in [0.25, 0.3) is 0 Å². The molecular weight excluding hydrogens is 180 g/mol. The van der Waals surface area contributed by atoms with Crippen LogP contribution in [-0.4, -0.2) is 42.3 Å². The Labute approximate surface area is 87.1 Å². The van der Waals surface area contributed by atoms with Gasteiger partial charge in [0.2, 0.25) is 0 Å². The number of carbonyl (C=O) groups is 1. The normalized spacial score (nSPS) is 17.9. The second-order valence-corrected chi connectivity index (χ2v) is 4.64. The van der Waals surface area contributed by atoms with Crippen LogP contribution in [0.4, 0.5) is 4.79 Å². The van der Waals surface area contributed by atoms with Crippen molar-refractivity contribution >= 4 is 6.09 Å². The lowest BCUT2D eigenvalue weighted by molar-refractivity contribution is 0.00553. The lowest BCUT2D eigenvalue weighted by Crippen LogP contribution is -2.60. The second-order valence-electron chi connectivity index (χ2n) is 4.64. The summed E-state index contributed by atoms with van der Waals surface area (Å²) in [5, 5.41) is 3.28. The number of carbonyl (C=O) groups excluding carboxylic acids is 1. The van der Waals surface area contributed by atoms with Gasteiger partial charge in [-0.25, -0.2) is 4.79 Å². The van der Waals surface area contributed by atoms with Gasteiger partial charge >= 0.3 is 6.09 Å². The second kappa shape index (κ2) is 4.17. The van der Waals surface area contributed by atoms with Gasteiger partial charge in [-0.2, -0.15) is 0 Å². The lowest BCUT2D eigenvalue weighted by atomic mass is 10.1. The van der Waals surface area contributed by atoms with E-state index in [0.29, 0.717) is 6.04 Å². The zero-order valence-corrected chi connectivity index (χ0v) is 9.46. The highest BCUT2D eigenvalue weighted by molar-refractivity contribution is 5.69. The standard InChI is InChI=1S/C10H20N2O2.H2/c1-5-11-8-6-12(7-8)9(13)14-10(2,3)4;/h8,11H,5-7H2,1-4H3;1H. The van der Waals surface area contributed by atoms with Gasteiger partial charge in [0.25, 0.3) is 0 Å². The van der Waals surface area contributed by atoms with Gasteiger partial charge < -0.3 is 15.0 Å². The fraction of sp³-hybridized carbons (Fsp3) is 0.900. The number of likely N-dealkylation sites (N-methyl/N-ethyl adjacent to an activating group) is 1. The number of hydrogen-bond donors (Lipinski definition) is 1. The van der Waals surface area contributed by atoms with E-state index in [1.807, 2.05) is 20.8 Å². The number of nitrogens with one attached hydrogen (secondary N) is 1. The molecule has 4 heteroatoms. The zero-order chi connectivity index (χ0) is 10.8. The van der Waals surface area contributed by atoms with Crippen LogP contribution in [0.15, 0.2) is 0 Å². The quantitative estimate of drug-likeness (QED) is 0.737. The topological polar surface area (TPSA) is 41.6 Å². The maximum atomic E-state index is 11.5. The first-order valence-corrected chi connectivity index (χ1v) is 5.13. The van der Waals surface area contributed by atoms with Crippen LogP contribution in [0.2, 0.25) is 0 Å².